The minimum atomic E-state index is -0.414. The third kappa shape index (κ3) is 4.28. The number of benzene rings is 1. The highest BCUT2D eigenvalue weighted by Crippen LogP contribution is 2.32. The first-order valence-corrected chi connectivity index (χ1v) is 9.40. The molecule has 0 saturated carbocycles. The van der Waals surface area contributed by atoms with Crippen molar-refractivity contribution in [3.63, 3.8) is 0 Å². The van der Waals surface area contributed by atoms with Crippen LogP contribution in [0.5, 0.6) is 0 Å². The van der Waals surface area contributed by atoms with Crippen molar-refractivity contribution in [3.8, 4) is 0 Å². The molecule has 1 aliphatic rings. The fraction of sp³-hybridized carbons (Fsp3) is 0.400. The summed E-state index contributed by atoms with van der Waals surface area (Å²) in [6.07, 6.45) is 3.22. The van der Waals surface area contributed by atoms with E-state index < -0.39 is 5.97 Å². The normalized spacial score (nSPS) is 16.2. The van der Waals surface area contributed by atoms with E-state index in [0.717, 1.165) is 29.7 Å². The molecule has 0 saturated heterocycles. The van der Waals surface area contributed by atoms with Crippen molar-refractivity contribution in [3.05, 3.63) is 50.7 Å². The third-order valence-electron chi connectivity index (χ3n) is 4.53. The molecule has 0 fully saturated rings. The van der Waals surface area contributed by atoms with Crippen molar-refractivity contribution >= 4 is 28.9 Å². The second-order valence-corrected chi connectivity index (χ2v) is 7.99. The fourth-order valence-corrected chi connectivity index (χ4v) is 4.17. The second kappa shape index (κ2) is 7.40. The Morgan fingerprint density at radius 3 is 2.88 bits per heavy atom. The van der Waals surface area contributed by atoms with Gasteiger partial charge in [-0.2, -0.15) is 0 Å². The molecule has 2 aromatic rings. The van der Waals surface area contributed by atoms with Crippen LogP contribution in [-0.2, 0) is 22.4 Å². The SMILES string of the molecule is Cc1ccc(C)c(NC(=O)COC(=O)c2cc3c(s2)CC[C@H](C)C3)c1. The first kappa shape index (κ1) is 17.7. The molecule has 1 aromatic carbocycles. The minimum absolute atomic E-state index is 0.273. The van der Waals surface area contributed by atoms with Crippen LogP contribution in [0.2, 0.25) is 0 Å². The van der Waals surface area contributed by atoms with Crippen LogP contribution in [0.25, 0.3) is 0 Å². The number of rotatable bonds is 4. The van der Waals surface area contributed by atoms with Gasteiger partial charge in [-0.25, -0.2) is 4.79 Å². The van der Waals surface area contributed by atoms with Gasteiger partial charge in [0.15, 0.2) is 6.61 Å². The topological polar surface area (TPSA) is 55.4 Å². The molecular weight excluding hydrogens is 334 g/mol. The van der Waals surface area contributed by atoms with E-state index in [9.17, 15) is 9.59 Å². The molecule has 0 radical (unpaired) electrons. The summed E-state index contributed by atoms with van der Waals surface area (Å²) in [6, 6.07) is 7.78. The van der Waals surface area contributed by atoms with Gasteiger partial charge in [0.2, 0.25) is 0 Å². The van der Waals surface area contributed by atoms with Crippen molar-refractivity contribution in [2.24, 2.45) is 5.92 Å². The predicted octanol–water partition coefficient (Wildman–Crippen LogP) is 4.29. The molecule has 0 spiro atoms. The molecular formula is C20H23NO3S. The summed E-state index contributed by atoms with van der Waals surface area (Å²) in [6.45, 7) is 5.86. The Kier molecular flexibility index (Phi) is 5.23. The molecule has 1 aliphatic carbocycles. The zero-order valence-corrected chi connectivity index (χ0v) is 15.7. The monoisotopic (exact) mass is 357 g/mol. The number of nitrogens with one attached hydrogen (secondary N) is 1. The van der Waals surface area contributed by atoms with Crippen LogP contribution >= 0.6 is 11.3 Å². The number of hydrogen-bond donors (Lipinski definition) is 1. The molecule has 0 bridgehead atoms. The molecule has 25 heavy (non-hydrogen) atoms. The van der Waals surface area contributed by atoms with E-state index in [4.69, 9.17) is 4.74 Å². The number of aryl methyl sites for hydroxylation is 3. The van der Waals surface area contributed by atoms with Gasteiger partial charge in [-0.05, 0) is 67.9 Å². The number of ether oxygens (including phenoxy) is 1. The quantitative estimate of drug-likeness (QED) is 0.831. The van der Waals surface area contributed by atoms with E-state index in [1.807, 2.05) is 38.1 Å². The van der Waals surface area contributed by atoms with E-state index in [1.54, 1.807) is 0 Å². The maximum Gasteiger partial charge on any atom is 0.348 e. The lowest BCUT2D eigenvalue weighted by atomic mass is 9.90. The van der Waals surface area contributed by atoms with E-state index >= 15 is 0 Å². The lowest BCUT2D eigenvalue weighted by Gasteiger charge is -2.16. The summed E-state index contributed by atoms with van der Waals surface area (Å²) >= 11 is 1.50. The highest BCUT2D eigenvalue weighted by atomic mass is 32.1. The lowest BCUT2D eigenvalue weighted by molar-refractivity contribution is -0.119. The smallest absolute Gasteiger partial charge is 0.348 e. The van der Waals surface area contributed by atoms with Gasteiger partial charge < -0.3 is 10.1 Å². The highest BCUT2D eigenvalue weighted by Gasteiger charge is 2.21. The number of esters is 1. The van der Waals surface area contributed by atoms with Crippen molar-refractivity contribution in [2.45, 2.75) is 40.0 Å². The molecule has 3 rings (SSSR count). The number of amides is 1. The second-order valence-electron chi connectivity index (χ2n) is 6.85. The third-order valence-corrected chi connectivity index (χ3v) is 5.75. The van der Waals surface area contributed by atoms with Gasteiger partial charge in [-0.3, -0.25) is 4.79 Å². The predicted molar refractivity (Wildman–Crippen MR) is 100 cm³/mol. The summed E-state index contributed by atoms with van der Waals surface area (Å²) in [4.78, 5) is 26.2. The zero-order chi connectivity index (χ0) is 18.0. The van der Waals surface area contributed by atoms with Gasteiger partial charge in [0.25, 0.3) is 5.91 Å². The molecule has 0 aliphatic heterocycles. The Morgan fingerprint density at radius 2 is 2.08 bits per heavy atom. The molecule has 1 atom stereocenters. The number of hydrogen-bond acceptors (Lipinski definition) is 4. The van der Waals surface area contributed by atoms with Crippen molar-refractivity contribution in [1.82, 2.24) is 0 Å². The van der Waals surface area contributed by atoms with Crippen molar-refractivity contribution in [2.75, 3.05) is 11.9 Å². The van der Waals surface area contributed by atoms with Crippen molar-refractivity contribution < 1.29 is 14.3 Å². The summed E-state index contributed by atoms with van der Waals surface area (Å²) in [5, 5.41) is 2.80. The first-order valence-electron chi connectivity index (χ1n) is 8.58. The van der Waals surface area contributed by atoms with E-state index in [1.165, 1.54) is 28.2 Å². The zero-order valence-electron chi connectivity index (χ0n) is 14.8. The highest BCUT2D eigenvalue weighted by molar-refractivity contribution is 7.14. The van der Waals surface area contributed by atoms with Gasteiger partial charge in [0.1, 0.15) is 4.88 Å². The van der Waals surface area contributed by atoms with Crippen LogP contribution in [0.15, 0.2) is 24.3 Å². The van der Waals surface area contributed by atoms with Crippen LogP contribution in [0.4, 0.5) is 5.69 Å². The Bertz CT molecular complexity index is 809. The molecule has 1 heterocycles. The van der Waals surface area contributed by atoms with E-state index in [-0.39, 0.29) is 12.5 Å². The van der Waals surface area contributed by atoms with Gasteiger partial charge >= 0.3 is 5.97 Å². The van der Waals surface area contributed by atoms with Gasteiger partial charge in [-0.15, -0.1) is 11.3 Å². The van der Waals surface area contributed by atoms with Crippen LogP contribution in [0.3, 0.4) is 0 Å². The average Bonchev–Trinajstić information content (AvgIpc) is 2.99. The molecule has 1 N–H and O–H groups in total. The summed E-state index contributed by atoms with van der Waals surface area (Å²) in [5.74, 6) is -0.0746. The number of carbonyl (C=O) groups excluding carboxylic acids is 2. The van der Waals surface area contributed by atoms with Gasteiger partial charge in [0, 0.05) is 10.6 Å². The number of carbonyl (C=O) groups is 2. The Labute approximate surface area is 152 Å². The average molecular weight is 357 g/mol. The molecule has 0 unspecified atom stereocenters. The van der Waals surface area contributed by atoms with E-state index in [0.29, 0.717) is 10.8 Å². The molecule has 1 amide bonds. The van der Waals surface area contributed by atoms with Gasteiger partial charge in [0.05, 0.1) is 0 Å². The Hall–Kier alpha value is -2.14. The number of thiophene rings is 1. The van der Waals surface area contributed by atoms with Gasteiger partial charge in [-0.1, -0.05) is 19.1 Å². The largest absolute Gasteiger partial charge is 0.451 e. The Balaban J connectivity index is 1.57. The maximum atomic E-state index is 12.2. The van der Waals surface area contributed by atoms with Crippen LogP contribution in [-0.4, -0.2) is 18.5 Å². The standard InChI is InChI=1S/C20H23NO3S/c1-12-5-7-17-15(8-12)10-18(25-17)20(23)24-11-19(22)21-16-9-13(2)4-6-14(16)3/h4,6,9-10,12H,5,7-8,11H2,1-3H3,(H,21,22)/t12-/m0/s1. The van der Waals surface area contributed by atoms with Crippen LogP contribution in [0.1, 0.15) is 44.6 Å². The lowest BCUT2D eigenvalue weighted by Crippen LogP contribution is -2.21. The molecule has 132 valence electrons. The summed E-state index contributed by atoms with van der Waals surface area (Å²) < 4.78 is 5.20. The molecule has 4 nitrogen and oxygen atoms in total. The summed E-state index contributed by atoms with van der Waals surface area (Å²) in [7, 11) is 0. The first-order chi connectivity index (χ1) is 11.9. The molecule has 5 heteroatoms. The van der Waals surface area contributed by atoms with Crippen molar-refractivity contribution in [1.29, 1.82) is 0 Å². The summed E-state index contributed by atoms with van der Waals surface area (Å²) in [5.41, 5.74) is 4.05. The fourth-order valence-electron chi connectivity index (χ4n) is 3.07. The minimum Gasteiger partial charge on any atom is -0.451 e. The van der Waals surface area contributed by atoms with Crippen LogP contribution in [0, 0.1) is 19.8 Å². The van der Waals surface area contributed by atoms with E-state index in [2.05, 4.69) is 12.2 Å². The number of fused-ring (bicyclic) bond motifs is 1. The molecule has 1 aromatic heterocycles. The van der Waals surface area contributed by atoms with Crippen LogP contribution < -0.4 is 5.32 Å². The number of anilines is 1. The Morgan fingerprint density at radius 1 is 1.28 bits per heavy atom. The maximum absolute atomic E-state index is 12.2.